The average Bonchev–Trinajstić information content (AvgIpc) is 3.42. The van der Waals surface area contributed by atoms with Gasteiger partial charge in [-0.25, -0.2) is 0 Å². The number of ether oxygens (including phenoxy) is 9. The standard InChI is InChI=1S/C60H62O10Se/c61-53-56(65-39-47-28-14-4-15-29-47)55(52(43-63-37-45-24-10-2-11-25-45)69-60(53)71-50-34-20-7-21-35-50)70-59-58(67-41-49-32-18-6-19-33-49)57(66-40-48-30-16-5-17-31-48)54(64-38-46-26-12-3-13-27-46)51(68-59)42-62-36-44-22-8-1-9-23-44/h1-35,51-61H,36-43H2/t51-,52-,53-,54+,55-,56-,57+,58-,59+,60+/m1/s1. The SMILES string of the molecule is O[C@@H]1[C@@H](OCc2ccccc2)[C@H](O[C@@H]2O[C@H](COCc3ccccc3)[C@H](OCc3ccccc3)[C@H](OCc3ccccc3)[C@H]2OCc2ccccc2)[C@@H](COCc2ccccc2)O[C@H]1[Se]c1ccccc1. The normalized spacial score (nSPS) is 24.4. The van der Waals surface area contributed by atoms with Gasteiger partial charge in [0.1, 0.15) is 0 Å². The van der Waals surface area contributed by atoms with Gasteiger partial charge < -0.3 is 0 Å². The number of aliphatic hydroxyl groups is 1. The molecule has 0 radical (unpaired) electrons. The summed E-state index contributed by atoms with van der Waals surface area (Å²) in [4.78, 5) is 0. The Balaban J connectivity index is 1.09. The van der Waals surface area contributed by atoms with Crippen LogP contribution in [0, 0.1) is 0 Å². The second-order valence-electron chi connectivity index (χ2n) is 17.7. The number of hydrogen-bond donors (Lipinski definition) is 1. The van der Waals surface area contributed by atoms with E-state index in [2.05, 4.69) is 12.1 Å². The topological polar surface area (TPSA) is 103 Å². The predicted octanol–water partition coefficient (Wildman–Crippen LogP) is 8.99. The van der Waals surface area contributed by atoms with E-state index >= 15 is 0 Å². The first-order valence-electron chi connectivity index (χ1n) is 24.3. The first-order chi connectivity index (χ1) is 35.1. The maximum absolute atomic E-state index is 12.6. The fourth-order valence-corrected chi connectivity index (χ4v) is 11.0. The molecule has 7 aromatic rings. The van der Waals surface area contributed by atoms with Gasteiger partial charge in [-0.05, 0) is 0 Å². The third-order valence-electron chi connectivity index (χ3n) is 12.4. The molecule has 0 spiro atoms. The van der Waals surface area contributed by atoms with Gasteiger partial charge in [-0.2, -0.15) is 0 Å². The van der Waals surface area contributed by atoms with Crippen molar-refractivity contribution in [2.24, 2.45) is 0 Å². The Bertz CT molecular complexity index is 2530. The van der Waals surface area contributed by atoms with Gasteiger partial charge in [-0.3, -0.25) is 0 Å². The molecule has 0 unspecified atom stereocenters. The van der Waals surface area contributed by atoms with Crippen LogP contribution in [0.2, 0.25) is 0 Å². The van der Waals surface area contributed by atoms with Gasteiger partial charge in [0.15, 0.2) is 0 Å². The average molecular weight is 1020 g/mol. The second kappa shape index (κ2) is 26.9. The van der Waals surface area contributed by atoms with Crippen molar-refractivity contribution in [1.82, 2.24) is 0 Å². The van der Waals surface area contributed by atoms with E-state index < -0.39 is 60.1 Å². The van der Waals surface area contributed by atoms with Crippen molar-refractivity contribution < 1.29 is 47.7 Å². The van der Waals surface area contributed by atoms with E-state index in [1.165, 1.54) is 0 Å². The summed E-state index contributed by atoms with van der Waals surface area (Å²) in [6, 6.07) is 70.3. The molecule has 1 N–H and O–H groups in total. The summed E-state index contributed by atoms with van der Waals surface area (Å²) in [7, 11) is 0. The maximum atomic E-state index is 12.6. The molecule has 10 atom stereocenters. The van der Waals surface area contributed by atoms with E-state index in [0.29, 0.717) is 13.2 Å². The Hall–Kier alpha value is -5.34. The van der Waals surface area contributed by atoms with Gasteiger partial charge in [0.2, 0.25) is 0 Å². The molecule has 0 aromatic heterocycles. The van der Waals surface area contributed by atoms with Crippen molar-refractivity contribution in [3.63, 3.8) is 0 Å². The number of benzene rings is 7. The van der Waals surface area contributed by atoms with E-state index in [1.54, 1.807) is 0 Å². The zero-order valence-corrected chi connectivity index (χ0v) is 41.4. The summed E-state index contributed by atoms with van der Waals surface area (Å²) in [6.45, 7) is 1.98. The van der Waals surface area contributed by atoms with Gasteiger partial charge in [0.05, 0.1) is 0 Å². The van der Waals surface area contributed by atoms with E-state index in [9.17, 15) is 5.11 Å². The van der Waals surface area contributed by atoms with Crippen LogP contribution >= 0.6 is 0 Å². The van der Waals surface area contributed by atoms with Crippen LogP contribution < -0.4 is 4.46 Å². The fourth-order valence-electron chi connectivity index (χ4n) is 8.76. The Morgan fingerprint density at radius 1 is 0.352 bits per heavy atom. The van der Waals surface area contributed by atoms with Crippen molar-refractivity contribution in [2.75, 3.05) is 13.2 Å². The molecule has 0 amide bonds. The van der Waals surface area contributed by atoms with Gasteiger partial charge in [0.25, 0.3) is 0 Å². The molecule has 10 nitrogen and oxygen atoms in total. The molecule has 0 saturated carbocycles. The first kappa shape index (κ1) is 50.6. The van der Waals surface area contributed by atoms with Gasteiger partial charge in [-0.1, -0.05) is 84.9 Å². The van der Waals surface area contributed by atoms with Crippen molar-refractivity contribution in [2.45, 2.75) is 99.8 Å². The predicted molar refractivity (Wildman–Crippen MR) is 272 cm³/mol. The third-order valence-corrected chi connectivity index (χ3v) is 14.9. The van der Waals surface area contributed by atoms with Gasteiger partial charge in [-0.15, -0.1) is 0 Å². The molecule has 2 aliphatic heterocycles. The summed E-state index contributed by atoms with van der Waals surface area (Å²) < 4.78 is 63.6. The quantitative estimate of drug-likeness (QED) is 0.0591. The second-order valence-corrected chi connectivity index (χ2v) is 20.1. The zero-order chi connectivity index (χ0) is 48.3. The molecule has 2 aliphatic rings. The minimum absolute atomic E-state index is 0.140. The zero-order valence-electron chi connectivity index (χ0n) is 39.7. The summed E-state index contributed by atoms with van der Waals surface area (Å²) >= 11 is -0.304. The fraction of sp³-hybridized carbons (Fsp3) is 0.300. The molecule has 7 aromatic carbocycles. The molecule has 9 rings (SSSR count). The number of rotatable bonds is 24. The molecular weight excluding hydrogens is 960 g/mol. The molecule has 2 fully saturated rings. The Morgan fingerprint density at radius 2 is 0.690 bits per heavy atom. The Morgan fingerprint density at radius 3 is 1.11 bits per heavy atom. The monoisotopic (exact) mass is 1020 g/mol. The van der Waals surface area contributed by atoms with Crippen molar-refractivity contribution >= 4 is 19.4 Å². The molecule has 11 heteroatoms. The minimum atomic E-state index is -1.10. The van der Waals surface area contributed by atoms with Gasteiger partial charge in [0, 0.05) is 0 Å². The molecule has 0 bridgehead atoms. The molecule has 71 heavy (non-hydrogen) atoms. The van der Waals surface area contributed by atoms with Crippen LogP contribution in [0.25, 0.3) is 0 Å². The van der Waals surface area contributed by atoms with E-state index in [4.69, 9.17) is 42.6 Å². The summed E-state index contributed by atoms with van der Waals surface area (Å²) in [5, 5.41) is 12.0. The van der Waals surface area contributed by atoms with Crippen LogP contribution in [-0.4, -0.2) is 93.4 Å². The number of aliphatic hydroxyl groups excluding tert-OH is 1. The van der Waals surface area contributed by atoms with Gasteiger partial charge >= 0.3 is 341 Å². The van der Waals surface area contributed by atoms with Crippen molar-refractivity contribution in [3.05, 3.63) is 246 Å². The van der Waals surface area contributed by atoms with E-state index in [1.807, 2.05) is 200 Å². The molecule has 0 aliphatic carbocycles. The van der Waals surface area contributed by atoms with Crippen LogP contribution in [0.1, 0.15) is 33.4 Å². The summed E-state index contributed by atoms with van der Waals surface area (Å²) in [6.07, 6.45) is -7.69. The van der Waals surface area contributed by atoms with E-state index in [0.717, 1.165) is 37.8 Å². The van der Waals surface area contributed by atoms with E-state index in [-0.39, 0.29) is 54.6 Å². The van der Waals surface area contributed by atoms with Crippen LogP contribution in [0.3, 0.4) is 0 Å². The molecule has 2 heterocycles. The van der Waals surface area contributed by atoms with Crippen LogP contribution in [0.15, 0.2) is 212 Å². The molecule has 368 valence electrons. The summed E-state index contributed by atoms with van der Waals surface area (Å²) in [5.74, 6) is 0. The van der Waals surface area contributed by atoms with Crippen LogP contribution in [0.4, 0.5) is 0 Å². The number of hydrogen-bond acceptors (Lipinski definition) is 10. The third kappa shape index (κ3) is 14.9. The molecule has 2 saturated heterocycles. The van der Waals surface area contributed by atoms with Crippen molar-refractivity contribution in [1.29, 1.82) is 0 Å². The van der Waals surface area contributed by atoms with Crippen LogP contribution in [-0.2, 0) is 82.3 Å². The Labute approximate surface area is 423 Å². The summed E-state index contributed by atoms with van der Waals surface area (Å²) in [5.41, 5.74) is 5.93. The Kier molecular flexibility index (Phi) is 19.2. The molecular formula is C60H62O10Se. The van der Waals surface area contributed by atoms with Crippen LogP contribution in [0.5, 0.6) is 0 Å². The van der Waals surface area contributed by atoms with Crippen molar-refractivity contribution in [3.8, 4) is 0 Å². The first-order valence-corrected chi connectivity index (χ1v) is 26.2.